The van der Waals surface area contributed by atoms with Gasteiger partial charge in [0.25, 0.3) is 0 Å². The SMILES string of the molecule is CCN(CC)C1CCN(Cc2ccoc2C(=O)O)C1. The third-order valence-corrected chi connectivity index (χ3v) is 3.91. The Kier molecular flexibility index (Phi) is 4.61. The highest BCUT2D eigenvalue weighted by atomic mass is 16.4. The molecule has 0 amide bonds. The van der Waals surface area contributed by atoms with E-state index in [-0.39, 0.29) is 5.76 Å². The molecule has 1 aliphatic heterocycles. The van der Waals surface area contributed by atoms with Crippen LogP contribution in [0.5, 0.6) is 0 Å². The van der Waals surface area contributed by atoms with Crippen LogP contribution in [0, 0.1) is 0 Å². The molecule has 0 spiro atoms. The van der Waals surface area contributed by atoms with Gasteiger partial charge in [0.05, 0.1) is 6.26 Å². The number of furan rings is 1. The quantitative estimate of drug-likeness (QED) is 0.852. The molecule has 5 nitrogen and oxygen atoms in total. The molecule has 1 N–H and O–H groups in total. The van der Waals surface area contributed by atoms with Crippen LogP contribution in [-0.4, -0.2) is 53.1 Å². The second kappa shape index (κ2) is 6.21. The Morgan fingerprint density at radius 3 is 2.89 bits per heavy atom. The molecule has 0 bridgehead atoms. The first-order valence-electron chi connectivity index (χ1n) is 6.91. The molecule has 0 radical (unpaired) electrons. The van der Waals surface area contributed by atoms with E-state index < -0.39 is 5.97 Å². The largest absolute Gasteiger partial charge is 0.475 e. The summed E-state index contributed by atoms with van der Waals surface area (Å²) < 4.78 is 5.02. The lowest BCUT2D eigenvalue weighted by molar-refractivity contribution is 0.0659. The molecule has 5 heteroatoms. The van der Waals surface area contributed by atoms with Crippen LogP contribution in [0.2, 0.25) is 0 Å². The highest BCUT2D eigenvalue weighted by Gasteiger charge is 2.27. The zero-order valence-corrected chi connectivity index (χ0v) is 11.6. The molecule has 1 aromatic rings. The molecular weight excluding hydrogens is 244 g/mol. The van der Waals surface area contributed by atoms with Crippen molar-refractivity contribution in [3.63, 3.8) is 0 Å². The van der Waals surface area contributed by atoms with Crippen molar-refractivity contribution in [2.24, 2.45) is 0 Å². The molecule has 19 heavy (non-hydrogen) atoms. The summed E-state index contributed by atoms with van der Waals surface area (Å²) in [4.78, 5) is 15.8. The predicted molar refractivity (Wildman–Crippen MR) is 72.3 cm³/mol. The van der Waals surface area contributed by atoms with Crippen LogP contribution in [0.4, 0.5) is 0 Å². The van der Waals surface area contributed by atoms with Crippen molar-refractivity contribution in [3.05, 3.63) is 23.7 Å². The number of rotatable bonds is 6. The summed E-state index contributed by atoms with van der Waals surface area (Å²) in [5.41, 5.74) is 0.771. The van der Waals surface area contributed by atoms with Crippen LogP contribution in [0.25, 0.3) is 0 Å². The lowest BCUT2D eigenvalue weighted by Gasteiger charge is -2.26. The molecule has 1 fully saturated rings. The zero-order chi connectivity index (χ0) is 13.8. The van der Waals surface area contributed by atoms with Crippen molar-refractivity contribution < 1.29 is 14.3 Å². The molecule has 106 valence electrons. The van der Waals surface area contributed by atoms with E-state index in [0.29, 0.717) is 12.6 Å². The van der Waals surface area contributed by atoms with Crippen molar-refractivity contribution in [1.82, 2.24) is 9.80 Å². The Bertz CT molecular complexity index is 426. The van der Waals surface area contributed by atoms with E-state index in [1.54, 1.807) is 6.07 Å². The highest BCUT2D eigenvalue weighted by molar-refractivity contribution is 5.86. The topological polar surface area (TPSA) is 56.9 Å². The van der Waals surface area contributed by atoms with Crippen LogP contribution >= 0.6 is 0 Å². The predicted octanol–water partition coefficient (Wildman–Crippen LogP) is 1.89. The lowest BCUT2D eigenvalue weighted by Crippen LogP contribution is -2.37. The van der Waals surface area contributed by atoms with Gasteiger partial charge in [-0.25, -0.2) is 4.79 Å². The first kappa shape index (κ1) is 14.1. The number of likely N-dealkylation sites (tertiary alicyclic amines) is 1. The van der Waals surface area contributed by atoms with Crippen molar-refractivity contribution in [1.29, 1.82) is 0 Å². The second-order valence-electron chi connectivity index (χ2n) is 4.98. The van der Waals surface area contributed by atoms with E-state index in [1.165, 1.54) is 6.26 Å². The number of carboxylic acid groups (broad SMARTS) is 1. The summed E-state index contributed by atoms with van der Waals surface area (Å²) in [6.07, 6.45) is 2.61. The number of likely N-dealkylation sites (N-methyl/N-ethyl adjacent to an activating group) is 1. The van der Waals surface area contributed by atoms with Crippen LogP contribution in [0.1, 0.15) is 36.4 Å². The fraction of sp³-hybridized carbons (Fsp3) is 0.643. The van der Waals surface area contributed by atoms with Gasteiger partial charge in [-0.1, -0.05) is 13.8 Å². The first-order chi connectivity index (χ1) is 9.15. The van der Waals surface area contributed by atoms with Crippen LogP contribution in [-0.2, 0) is 6.54 Å². The summed E-state index contributed by atoms with van der Waals surface area (Å²) in [7, 11) is 0. The van der Waals surface area contributed by atoms with Gasteiger partial charge in [-0.3, -0.25) is 9.80 Å². The minimum absolute atomic E-state index is 0.0753. The highest BCUT2D eigenvalue weighted by Crippen LogP contribution is 2.20. The number of hydrogen-bond acceptors (Lipinski definition) is 4. The van der Waals surface area contributed by atoms with Gasteiger partial charge < -0.3 is 9.52 Å². The molecule has 1 aromatic heterocycles. The lowest BCUT2D eigenvalue weighted by atomic mass is 10.2. The van der Waals surface area contributed by atoms with Gasteiger partial charge in [0, 0.05) is 31.2 Å². The number of nitrogens with zero attached hydrogens (tertiary/aromatic N) is 2. The van der Waals surface area contributed by atoms with Gasteiger partial charge >= 0.3 is 5.97 Å². The Morgan fingerprint density at radius 2 is 2.26 bits per heavy atom. The van der Waals surface area contributed by atoms with Crippen LogP contribution < -0.4 is 0 Å². The van der Waals surface area contributed by atoms with Gasteiger partial charge in [-0.05, 0) is 25.6 Å². The van der Waals surface area contributed by atoms with Crippen LogP contribution in [0.15, 0.2) is 16.7 Å². The molecular formula is C14H22N2O3. The summed E-state index contributed by atoms with van der Waals surface area (Å²) >= 11 is 0. The van der Waals surface area contributed by atoms with Crippen molar-refractivity contribution >= 4 is 5.97 Å². The van der Waals surface area contributed by atoms with E-state index >= 15 is 0 Å². The number of hydrogen-bond donors (Lipinski definition) is 1. The number of carboxylic acids is 1. The number of carbonyl (C=O) groups is 1. The minimum Gasteiger partial charge on any atom is -0.475 e. The average Bonchev–Trinajstić information content (AvgIpc) is 3.01. The second-order valence-corrected chi connectivity index (χ2v) is 4.98. The molecule has 1 atom stereocenters. The third-order valence-electron chi connectivity index (χ3n) is 3.91. The molecule has 1 unspecified atom stereocenters. The molecule has 0 aliphatic carbocycles. The van der Waals surface area contributed by atoms with Gasteiger partial charge in [0.15, 0.2) is 0 Å². The molecule has 1 aliphatic rings. The molecule has 2 heterocycles. The number of aromatic carboxylic acids is 1. The summed E-state index contributed by atoms with van der Waals surface area (Å²) in [6, 6.07) is 2.35. The normalized spacial score (nSPS) is 20.3. The zero-order valence-electron chi connectivity index (χ0n) is 11.6. The van der Waals surface area contributed by atoms with Crippen molar-refractivity contribution in [2.75, 3.05) is 26.2 Å². The standard InChI is InChI=1S/C14H22N2O3/c1-3-16(4-2)12-5-7-15(10-12)9-11-6-8-19-13(11)14(17)18/h6,8,12H,3-5,7,9-10H2,1-2H3,(H,17,18). The van der Waals surface area contributed by atoms with Crippen molar-refractivity contribution in [3.8, 4) is 0 Å². The van der Waals surface area contributed by atoms with Gasteiger partial charge in [-0.2, -0.15) is 0 Å². The molecule has 0 saturated carbocycles. The maximum atomic E-state index is 11.0. The molecule has 2 rings (SSSR count). The molecule has 1 saturated heterocycles. The maximum Gasteiger partial charge on any atom is 0.372 e. The van der Waals surface area contributed by atoms with Gasteiger partial charge in [-0.15, -0.1) is 0 Å². The average molecular weight is 266 g/mol. The van der Waals surface area contributed by atoms with Crippen molar-refractivity contribution in [2.45, 2.75) is 32.9 Å². The Hall–Kier alpha value is -1.33. The van der Waals surface area contributed by atoms with Crippen LogP contribution in [0.3, 0.4) is 0 Å². The van der Waals surface area contributed by atoms with E-state index in [0.717, 1.165) is 38.2 Å². The Morgan fingerprint density at radius 1 is 1.53 bits per heavy atom. The smallest absolute Gasteiger partial charge is 0.372 e. The van der Waals surface area contributed by atoms with E-state index in [9.17, 15) is 4.79 Å². The summed E-state index contributed by atoms with van der Waals surface area (Å²) in [5, 5.41) is 9.02. The Labute approximate surface area is 113 Å². The first-order valence-corrected chi connectivity index (χ1v) is 6.91. The maximum absolute atomic E-state index is 11.0. The Balaban J connectivity index is 1.95. The fourth-order valence-corrected chi connectivity index (χ4v) is 2.88. The fourth-order valence-electron chi connectivity index (χ4n) is 2.88. The minimum atomic E-state index is -0.987. The summed E-state index contributed by atoms with van der Waals surface area (Å²) in [5.74, 6) is -0.911. The van der Waals surface area contributed by atoms with E-state index in [1.807, 2.05) is 0 Å². The van der Waals surface area contributed by atoms with Gasteiger partial charge in [0.2, 0.25) is 5.76 Å². The van der Waals surface area contributed by atoms with E-state index in [2.05, 4.69) is 23.6 Å². The summed E-state index contributed by atoms with van der Waals surface area (Å²) in [6.45, 7) is 9.20. The molecule has 0 aromatic carbocycles. The monoisotopic (exact) mass is 266 g/mol. The third kappa shape index (κ3) is 3.16. The van der Waals surface area contributed by atoms with E-state index in [4.69, 9.17) is 9.52 Å². The van der Waals surface area contributed by atoms with Gasteiger partial charge in [0.1, 0.15) is 0 Å².